The molecule has 0 bridgehead atoms. The average Bonchev–Trinajstić information content (AvgIpc) is 3.04. The van der Waals surface area contributed by atoms with Gasteiger partial charge in [0.2, 0.25) is 5.91 Å². The molecule has 3 fully saturated rings. The van der Waals surface area contributed by atoms with Crippen LogP contribution in [0.5, 0.6) is 0 Å². The number of hydrogen-bond acceptors (Lipinski definition) is 6. The standard InChI is InChI=1S/C24H37N5O3/c1-22(2,3)32-21(31)28-15-20(30)29-17-23(26-24(29,18-28)16-25-4)10-12-27(13-11-23)14-19-8-6-5-7-9-19/h5-9,25-26H,10-18H2,1-4H3. The van der Waals surface area contributed by atoms with Gasteiger partial charge in [-0.15, -0.1) is 0 Å². The van der Waals surface area contributed by atoms with Crippen LogP contribution in [0.4, 0.5) is 4.79 Å². The van der Waals surface area contributed by atoms with E-state index < -0.39 is 17.4 Å². The lowest BCUT2D eigenvalue weighted by molar-refractivity contribution is -0.143. The Morgan fingerprint density at radius 2 is 1.84 bits per heavy atom. The number of ether oxygens (including phenoxy) is 1. The molecule has 1 spiro atoms. The first-order valence-corrected chi connectivity index (χ1v) is 11.6. The second-order valence-electron chi connectivity index (χ2n) is 10.5. The van der Waals surface area contributed by atoms with Crippen LogP contribution in [0, 0.1) is 0 Å². The van der Waals surface area contributed by atoms with E-state index in [0.717, 1.165) is 32.5 Å². The molecule has 8 heteroatoms. The molecule has 2 N–H and O–H groups in total. The molecule has 3 aliphatic heterocycles. The van der Waals surface area contributed by atoms with Gasteiger partial charge in [-0.1, -0.05) is 30.3 Å². The number of piperazine rings is 1. The quantitative estimate of drug-likeness (QED) is 0.737. The fraction of sp³-hybridized carbons (Fsp3) is 0.667. The zero-order valence-electron chi connectivity index (χ0n) is 19.8. The molecular formula is C24H37N5O3. The molecule has 1 unspecified atom stereocenters. The highest BCUT2D eigenvalue weighted by Crippen LogP contribution is 2.37. The summed E-state index contributed by atoms with van der Waals surface area (Å²) in [4.78, 5) is 31.9. The third kappa shape index (κ3) is 4.77. The van der Waals surface area contributed by atoms with Crippen molar-refractivity contribution in [1.82, 2.24) is 25.3 Å². The van der Waals surface area contributed by atoms with Gasteiger partial charge in [0.05, 0.1) is 6.54 Å². The van der Waals surface area contributed by atoms with Crippen molar-refractivity contribution in [3.05, 3.63) is 35.9 Å². The van der Waals surface area contributed by atoms with Crippen molar-refractivity contribution in [2.45, 2.75) is 57.0 Å². The third-order valence-electron chi connectivity index (χ3n) is 6.74. The summed E-state index contributed by atoms with van der Waals surface area (Å²) in [5, 5.41) is 7.10. The second-order valence-corrected chi connectivity index (χ2v) is 10.5. The zero-order valence-corrected chi connectivity index (χ0v) is 19.8. The van der Waals surface area contributed by atoms with Crippen LogP contribution in [0.3, 0.4) is 0 Å². The van der Waals surface area contributed by atoms with Gasteiger partial charge in [0.25, 0.3) is 0 Å². The van der Waals surface area contributed by atoms with Crippen molar-refractivity contribution < 1.29 is 14.3 Å². The van der Waals surface area contributed by atoms with Crippen LogP contribution >= 0.6 is 0 Å². The predicted molar refractivity (Wildman–Crippen MR) is 123 cm³/mol. The smallest absolute Gasteiger partial charge is 0.410 e. The van der Waals surface area contributed by atoms with Gasteiger partial charge < -0.3 is 15.0 Å². The number of amides is 2. The minimum absolute atomic E-state index is 0.0200. The molecule has 2 amide bonds. The second kappa shape index (κ2) is 8.65. The number of nitrogens with zero attached hydrogens (tertiary/aromatic N) is 3. The third-order valence-corrected chi connectivity index (χ3v) is 6.74. The fourth-order valence-electron chi connectivity index (χ4n) is 5.33. The molecule has 8 nitrogen and oxygen atoms in total. The topological polar surface area (TPSA) is 77.2 Å². The molecule has 3 saturated heterocycles. The molecule has 1 aromatic carbocycles. The van der Waals surface area contributed by atoms with Crippen molar-refractivity contribution in [3.8, 4) is 0 Å². The van der Waals surface area contributed by atoms with Gasteiger partial charge in [0.15, 0.2) is 0 Å². The first-order chi connectivity index (χ1) is 15.1. The molecule has 4 rings (SSSR count). The molecular weight excluding hydrogens is 406 g/mol. The Morgan fingerprint density at radius 3 is 2.47 bits per heavy atom. The number of benzene rings is 1. The van der Waals surface area contributed by atoms with E-state index in [0.29, 0.717) is 19.6 Å². The maximum absolute atomic E-state index is 13.2. The van der Waals surface area contributed by atoms with Crippen molar-refractivity contribution in [2.75, 3.05) is 46.3 Å². The number of nitrogens with one attached hydrogen (secondary N) is 2. The van der Waals surface area contributed by atoms with Gasteiger partial charge in [0.1, 0.15) is 17.8 Å². The van der Waals surface area contributed by atoms with E-state index in [1.54, 1.807) is 4.90 Å². The van der Waals surface area contributed by atoms with E-state index in [9.17, 15) is 9.59 Å². The lowest BCUT2D eigenvalue weighted by Crippen LogP contribution is -2.71. The Hall–Kier alpha value is -2.16. The van der Waals surface area contributed by atoms with Crippen LogP contribution in [-0.2, 0) is 16.1 Å². The van der Waals surface area contributed by atoms with Crippen LogP contribution in [0.15, 0.2) is 30.3 Å². The van der Waals surface area contributed by atoms with E-state index >= 15 is 0 Å². The van der Waals surface area contributed by atoms with E-state index in [2.05, 4.69) is 39.8 Å². The van der Waals surface area contributed by atoms with Gasteiger partial charge in [-0.25, -0.2) is 4.79 Å². The Balaban J connectivity index is 1.46. The molecule has 0 aliphatic carbocycles. The summed E-state index contributed by atoms with van der Waals surface area (Å²) >= 11 is 0. The van der Waals surface area contributed by atoms with Crippen LogP contribution in [0.1, 0.15) is 39.2 Å². The van der Waals surface area contributed by atoms with Crippen molar-refractivity contribution >= 4 is 12.0 Å². The number of carbonyl (C=O) groups is 2. The van der Waals surface area contributed by atoms with Crippen LogP contribution in [0.25, 0.3) is 0 Å². The maximum Gasteiger partial charge on any atom is 0.410 e. The van der Waals surface area contributed by atoms with Gasteiger partial charge >= 0.3 is 6.09 Å². The monoisotopic (exact) mass is 443 g/mol. The number of likely N-dealkylation sites (tertiary alicyclic amines) is 1. The van der Waals surface area contributed by atoms with E-state index in [4.69, 9.17) is 4.74 Å². The van der Waals surface area contributed by atoms with Crippen LogP contribution in [-0.4, -0.2) is 89.8 Å². The van der Waals surface area contributed by atoms with Gasteiger partial charge in [-0.05, 0) is 46.2 Å². The minimum Gasteiger partial charge on any atom is -0.444 e. The summed E-state index contributed by atoms with van der Waals surface area (Å²) in [6.45, 7) is 10.2. The first kappa shape index (κ1) is 23.0. The SMILES string of the molecule is CNCC12CN(C(=O)OC(C)(C)C)CC(=O)N1CC1(CCN(Cc3ccccc3)CC1)N2. The summed E-state index contributed by atoms with van der Waals surface area (Å²) in [7, 11) is 1.89. The summed E-state index contributed by atoms with van der Waals surface area (Å²) in [6, 6.07) is 10.6. The van der Waals surface area contributed by atoms with E-state index in [1.165, 1.54) is 5.56 Å². The maximum atomic E-state index is 13.2. The largest absolute Gasteiger partial charge is 0.444 e. The predicted octanol–water partition coefficient (Wildman–Crippen LogP) is 1.62. The van der Waals surface area contributed by atoms with Gasteiger partial charge in [-0.2, -0.15) is 0 Å². The molecule has 1 aromatic rings. The Bertz CT molecular complexity index is 832. The number of carbonyl (C=O) groups excluding carboxylic acids is 2. The Kier molecular flexibility index (Phi) is 6.22. The van der Waals surface area contributed by atoms with E-state index in [1.807, 2.05) is 38.8 Å². The average molecular weight is 444 g/mol. The summed E-state index contributed by atoms with van der Waals surface area (Å²) in [6.07, 6.45) is 1.52. The Morgan fingerprint density at radius 1 is 1.16 bits per heavy atom. The zero-order chi connectivity index (χ0) is 23.0. The van der Waals surface area contributed by atoms with Crippen molar-refractivity contribution in [1.29, 1.82) is 0 Å². The van der Waals surface area contributed by atoms with Gasteiger partial charge in [0, 0.05) is 38.3 Å². The summed E-state index contributed by atoms with van der Waals surface area (Å²) in [5.74, 6) is -0.0200. The van der Waals surface area contributed by atoms with E-state index in [-0.39, 0.29) is 18.0 Å². The molecule has 0 radical (unpaired) electrons. The molecule has 3 aliphatic rings. The van der Waals surface area contributed by atoms with Crippen LogP contribution in [0.2, 0.25) is 0 Å². The first-order valence-electron chi connectivity index (χ1n) is 11.6. The summed E-state index contributed by atoms with van der Waals surface area (Å²) in [5.41, 5.74) is 0.00494. The molecule has 176 valence electrons. The molecule has 0 saturated carbocycles. The number of piperidine rings is 1. The normalized spacial score (nSPS) is 25.8. The molecule has 1 atom stereocenters. The van der Waals surface area contributed by atoms with Crippen molar-refractivity contribution in [3.63, 3.8) is 0 Å². The van der Waals surface area contributed by atoms with Crippen LogP contribution < -0.4 is 10.6 Å². The van der Waals surface area contributed by atoms with Gasteiger partial charge in [-0.3, -0.25) is 19.9 Å². The number of likely N-dealkylation sites (N-methyl/N-ethyl adjacent to an activating group) is 1. The highest BCUT2D eigenvalue weighted by Gasteiger charge is 2.58. The highest BCUT2D eigenvalue weighted by atomic mass is 16.6. The lowest BCUT2D eigenvalue weighted by atomic mass is 9.88. The Labute approximate surface area is 191 Å². The fourth-order valence-corrected chi connectivity index (χ4v) is 5.33. The highest BCUT2D eigenvalue weighted by molar-refractivity contribution is 5.85. The van der Waals surface area contributed by atoms with Crippen molar-refractivity contribution in [2.24, 2.45) is 0 Å². The number of fused-ring (bicyclic) bond motifs is 1. The molecule has 3 heterocycles. The minimum atomic E-state index is -0.609. The molecule has 32 heavy (non-hydrogen) atoms. The molecule has 0 aromatic heterocycles. The number of hydrogen-bond donors (Lipinski definition) is 2. The lowest BCUT2D eigenvalue weighted by Gasteiger charge is -2.46. The summed E-state index contributed by atoms with van der Waals surface area (Å²) < 4.78 is 5.57. The number of rotatable bonds is 4.